The molecule has 1 atom stereocenters. The van der Waals surface area contributed by atoms with Crippen LogP contribution < -0.4 is 0 Å². The molecule has 0 rings (SSSR count). The van der Waals surface area contributed by atoms with Crippen LogP contribution in [0.2, 0.25) is 0 Å². The molecule has 0 nitrogen and oxygen atoms in total. The maximum absolute atomic E-state index is 13.9. The van der Waals surface area contributed by atoms with Crippen LogP contribution in [-0.2, 0) is 0 Å². The Kier molecular flexibility index (Phi) is 8.79. The van der Waals surface area contributed by atoms with E-state index < -0.39 is 60.0 Å². The third kappa shape index (κ3) is 4.69. The molecule has 17 heteroatoms. The number of unbranched alkanes of at least 4 members (excludes halogenated alkanes) is 3. The van der Waals surface area contributed by atoms with Crippen LogP contribution in [0.5, 0.6) is 0 Å². The Hall–Kier alpha value is -1.19. The molecule has 0 amide bonds. The topological polar surface area (TPSA) is 0 Å². The van der Waals surface area contributed by atoms with Gasteiger partial charge in [-0.3, -0.25) is 0 Å². The van der Waals surface area contributed by atoms with E-state index in [0.717, 1.165) is 0 Å². The lowest BCUT2D eigenvalue weighted by atomic mass is 9.84. The smallest absolute Gasteiger partial charge is 0.199 e. The third-order valence-corrected chi connectivity index (χ3v) is 4.86. The second-order valence-corrected chi connectivity index (χ2v) is 7.32. The average molecular weight is 532 g/mol. The van der Waals surface area contributed by atoms with Crippen LogP contribution in [0.4, 0.5) is 74.6 Å². The van der Waals surface area contributed by atoms with Crippen molar-refractivity contribution in [2.45, 2.75) is 93.6 Å². The highest BCUT2D eigenvalue weighted by Crippen LogP contribution is 2.64. The minimum atomic E-state index is -8.58. The minimum absolute atomic E-state index is 0.0614. The van der Waals surface area contributed by atoms with Crippen LogP contribution in [0.25, 0.3) is 0 Å². The lowest BCUT2D eigenvalue weighted by Gasteiger charge is -2.43. The lowest BCUT2D eigenvalue weighted by molar-refractivity contribution is -0.463. The number of rotatable bonds is 12. The van der Waals surface area contributed by atoms with Crippen molar-refractivity contribution in [3.8, 4) is 0 Å². The number of hydrogen-bond donors (Lipinski definition) is 0. The highest BCUT2D eigenvalue weighted by atomic mass is 19.4. The Labute approximate surface area is 175 Å². The molecular formula is C16H17F17. The standard InChI is InChI=1S/C16H17F17/c1-3-4-5-6-7-8(2)9(17,18)10(19,20)11(21,22)12(23,24)13(25,26)14(27,28)15(29,30)16(31,32)33/h8H,3-7H2,1-2H3. The average Bonchev–Trinajstić information content (AvgIpc) is 2.62. The van der Waals surface area contributed by atoms with Crippen LogP contribution >= 0.6 is 0 Å². The second kappa shape index (κ2) is 9.11. The Bertz CT molecular complexity index is 646. The van der Waals surface area contributed by atoms with Crippen molar-refractivity contribution in [2.24, 2.45) is 5.92 Å². The van der Waals surface area contributed by atoms with Crippen molar-refractivity contribution < 1.29 is 74.6 Å². The first-order valence-corrected chi connectivity index (χ1v) is 8.94. The summed E-state index contributed by atoms with van der Waals surface area (Å²) in [5.41, 5.74) is 0. The van der Waals surface area contributed by atoms with E-state index in [0.29, 0.717) is 12.8 Å². The fraction of sp³-hybridized carbons (Fsp3) is 1.00. The van der Waals surface area contributed by atoms with Crippen molar-refractivity contribution in [1.82, 2.24) is 0 Å². The molecule has 1 unspecified atom stereocenters. The quantitative estimate of drug-likeness (QED) is 0.175. The molecule has 0 aliphatic rings. The van der Waals surface area contributed by atoms with Crippen molar-refractivity contribution in [2.75, 3.05) is 0 Å². The molecule has 0 aromatic heterocycles. The van der Waals surface area contributed by atoms with Gasteiger partial charge >= 0.3 is 47.6 Å². The summed E-state index contributed by atoms with van der Waals surface area (Å²) in [7, 11) is 0. The zero-order chi connectivity index (χ0) is 27.1. The Morgan fingerprint density at radius 2 is 0.788 bits per heavy atom. The molecule has 0 saturated carbocycles. The number of halogens is 17. The van der Waals surface area contributed by atoms with Crippen molar-refractivity contribution in [3.05, 3.63) is 0 Å². The molecule has 0 bridgehead atoms. The highest BCUT2D eigenvalue weighted by Gasteiger charge is 2.95. The van der Waals surface area contributed by atoms with Crippen LogP contribution in [0.3, 0.4) is 0 Å². The monoisotopic (exact) mass is 532 g/mol. The van der Waals surface area contributed by atoms with Crippen molar-refractivity contribution >= 4 is 0 Å². The predicted octanol–water partition coefficient (Wildman–Crippen LogP) is 8.60. The molecule has 200 valence electrons. The third-order valence-electron chi connectivity index (χ3n) is 4.86. The second-order valence-electron chi connectivity index (χ2n) is 7.32. The summed E-state index contributed by atoms with van der Waals surface area (Å²) in [6, 6.07) is 0. The first kappa shape index (κ1) is 31.8. The van der Waals surface area contributed by atoms with E-state index in [2.05, 4.69) is 0 Å². The molecular weight excluding hydrogens is 515 g/mol. The summed E-state index contributed by atoms with van der Waals surface area (Å²) in [5, 5.41) is 0. The van der Waals surface area contributed by atoms with Gasteiger partial charge in [-0.25, -0.2) is 0 Å². The van der Waals surface area contributed by atoms with Gasteiger partial charge in [-0.2, -0.15) is 74.6 Å². The summed E-state index contributed by atoms with van der Waals surface area (Å²) in [6.45, 7) is 1.71. The maximum atomic E-state index is 13.9. The van der Waals surface area contributed by atoms with Gasteiger partial charge in [0, 0.05) is 5.92 Å². The Morgan fingerprint density at radius 3 is 1.12 bits per heavy atom. The largest absolute Gasteiger partial charge is 0.460 e. The van der Waals surface area contributed by atoms with Crippen LogP contribution in [0, 0.1) is 5.92 Å². The van der Waals surface area contributed by atoms with Gasteiger partial charge in [-0.05, 0) is 6.42 Å². The Morgan fingerprint density at radius 1 is 0.455 bits per heavy atom. The number of hydrogen-bond acceptors (Lipinski definition) is 0. The van der Waals surface area contributed by atoms with Gasteiger partial charge in [0.25, 0.3) is 0 Å². The van der Waals surface area contributed by atoms with Gasteiger partial charge in [-0.15, -0.1) is 0 Å². The van der Waals surface area contributed by atoms with E-state index in [1.54, 1.807) is 6.92 Å². The minimum Gasteiger partial charge on any atom is -0.199 e. The molecule has 0 fully saturated rings. The molecule has 0 spiro atoms. The van der Waals surface area contributed by atoms with Gasteiger partial charge < -0.3 is 0 Å². The lowest BCUT2D eigenvalue weighted by Crippen LogP contribution is -2.74. The van der Waals surface area contributed by atoms with Crippen molar-refractivity contribution in [3.63, 3.8) is 0 Å². The van der Waals surface area contributed by atoms with Gasteiger partial charge in [0.15, 0.2) is 0 Å². The van der Waals surface area contributed by atoms with Gasteiger partial charge in [0.2, 0.25) is 0 Å². The summed E-state index contributed by atoms with van der Waals surface area (Å²) in [4.78, 5) is 0. The molecule has 0 saturated heterocycles. The van der Waals surface area contributed by atoms with Gasteiger partial charge in [0.05, 0.1) is 0 Å². The summed E-state index contributed by atoms with van der Waals surface area (Å²) in [6.07, 6.45) is -8.32. The zero-order valence-electron chi connectivity index (χ0n) is 16.5. The first-order chi connectivity index (χ1) is 14.2. The normalized spacial score (nSPS) is 16.8. The molecule has 0 radical (unpaired) electrons. The van der Waals surface area contributed by atoms with E-state index >= 15 is 0 Å². The van der Waals surface area contributed by atoms with E-state index in [4.69, 9.17) is 0 Å². The van der Waals surface area contributed by atoms with Gasteiger partial charge in [0.1, 0.15) is 0 Å². The summed E-state index contributed by atoms with van der Waals surface area (Å²) >= 11 is 0. The molecule has 0 N–H and O–H groups in total. The fourth-order valence-electron chi connectivity index (χ4n) is 2.54. The Balaban J connectivity index is 6.42. The highest BCUT2D eigenvalue weighted by molar-refractivity contribution is 5.15. The van der Waals surface area contributed by atoms with Crippen molar-refractivity contribution in [1.29, 1.82) is 0 Å². The fourth-order valence-corrected chi connectivity index (χ4v) is 2.54. The number of alkyl halides is 17. The van der Waals surface area contributed by atoms with E-state index in [1.807, 2.05) is 0 Å². The molecule has 0 aliphatic heterocycles. The van der Waals surface area contributed by atoms with Crippen LogP contribution in [-0.4, -0.2) is 47.6 Å². The van der Waals surface area contributed by atoms with E-state index in [9.17, 15) is 74.6 Å². The maximum Gasteiger partial charge on any atom is 0.460 e. The summed E-state index contributed by atoms with van der Waals surface area (Å²) in [5.74, 6) is -58.7. The zero-order valence-corrected chi connectivity index (χ0v) is 16.5. The first-order valence-electron chi connectivity index (χ1n) is 8.94. The van der Waals surface area contributed by atoms with Gasteiger partial charge in [-0.1, -0.05) is 39.5 Å². The van der Waals surface area contributed by atoms with E-state index in [-0.39, 0.29) is 19.8 Å². The van der Waals surface area contributed by atoms with E-state index in [1.165, 1.54) is 0 Å². The molecule has 0 heterocycles. The summed E-state index contributed by atoms with van der Waals surface area (Å²) < 4.78 is 224. The SMILES string of the molecule is CCCCCCC(C)C(F)(F)C(F)(F)C(F)(F)C(F)(F)C(F)(F)C(F)(F)C(F)(F)C(F)(F)F. The molecule has 33 heavy (non-hydrogen) atoms. The van der Waals surface area contributed by atoms with Crippen LogP contribution in [0.1, 0.15) is 46.0 Å². The van der Waals surface area contributed by atoms with Crippen LogP contribution in [0.15, 0.2) is 0 Å². The predicted molar refractivity (Wildman–Crippen MR) is 78.6 cm³/mol. The molecule has 0 aromatic rings. The molecule has 0 aliphatic carbocycles. The molecule has 0 aromatic carbocycles.